The number of nitrogens with one attached hydrogen (secondary N) is 1. The lowest BCUT2D eigenvalue weighted by Gasteiger charge is -2.12. The standard InChI is InChI=1S/C7H11BClN4O3P/c1-3(8-17)10-5-4(13(14)15)6(16-2)12-7(9)11-5/h3,8H,17H2,1-2H3,(H,10,11,12). The highest BCUT2D eigenvalue weighted by Crippen LogP contribution is 2.32. The third-order valence-electron chi connectivity index (χ3n) is 1.94. The van der Waals surface area contributed by atoms with Gasteiger partial charge in [-0.05, 0) is 11.6 Å². The van der Waals surface area contributed by atoms with E-state index in [1.165, 1.54) is 7.11 Å². The summed E-state index contributed by atoms with van der Waals surface area (Å²) < 4.78 is 4.82. The van der Waals surface area contributed by atoms with Crippen LogP contribution in [0.4, 0.5) is 11.5 Å². The minimum atomic E-state index is -0.604. The molecule has 0 fully saturated rings. The van der Waals surface area contributed by atoms with Crippen molar-refractivity contribution < 1.29 is 9.66 Å². The molecule has 1 aromatic heterocycles. The zero-order chi connectivity index (χ0) is 13.0. The molecule has 1 rings (SSSR count). The molecule has 0 saturated heterocycles. The lowest BCUT2D eigenvalue weighted by atomic mass is 9.97. The molecule has 1 N–H and O–H groups in total. The third kappa shape index (κ3) is 3.41. The normalized spacial score (nSPS) is 11.8. The van der Waals surface area contributed by atoms with E-state index in [0.29, 0.717) is 7.00 Å². The Morgan fingerprint density at radius 3 is 2.76 bits per heavy atom. The Morgan fingerprint density at radius 1 is 1.65 bits per heavy atom. The highest BCUT2D eigenvalue weighted by Gasteiger charge is 2.26. The maximum atomic E-state index is 10.9. The molecule has 92 valence electrons. The highest BCUT2D eigenvalue weighted by molar-refractivity contribution is 7.56. The van der Waals surface area contributed by atoms with Gasteiger partial charge in [0, 0.05) is 5.94 Å². The number of nitrogens with zero attached hydrogens (tertiary/aromatic N) is 3. The first kappa shape index (κ1) is 13.9. The molecule has 0 aromatic carbocycles. The summed E-state index contributed by atoms with van der Waals surface area (Å²) in [6.45, 7) is 2.57. The van der Waals surface area contributed by atoms with E-state index in [9.17, 15) is 10.1 Å². The summed E-state index contributed by atoms with van der Waals surface area (Å²) >= 11 is 5.66. The molecular formula is C7H11BClN4O3P. The molecule has 1 aromatic rings. The monoisotopic (exact) mass is 276 g/mol. The Bertz CT molecular complexity index is 436. The average molecular weight is 276 g/mol. The Balaban J connectivity index is 3.25. The highest BCUT2D eigenvalue weighted by atomic mass is 35.5. The van der Waals surface area contributed by atoms with Gasteiger partial charge in [0.2, 0.25) is 11.1 Å². The SMILES string of the molecule is COc1nc(Cl)nc(NC(C)BP)c1[N+](=O)[O-]. The molecular weight excluding hydrogens is 265 g/mol. The van der Waals surface area contributed by atoms with Gasteiger partial charge in [-0.15, -0.1) is 0 Å². The van der Waals surface area contributed by atoms with Gasteiger partial charge >= 0.3 is 11.6 Å². The van der Waals surface area contributed by atoms with E-state index in [0.717, 1.165) is 0 Å². The predicted molar refractivity (Wildman–Crippen MR) is 70.2 cm³/mol. The van der Waals surface area contributed by atoms with Gasteiger partial charge in [0.15, 0.2) is 7.00 Å². The van der Waals surface area contributed by atoms with Crippen molar-refractivity contribution >= 4 is 39.2 Å². The van der Waals surface area contributed by atoms with Gasteiger partial charge in [-0.3, -0.25) is 10.1 Å². The molecule has 7 nitrogen and oxygen atoms in total. The summed E-state index contributed by atoms with van der Waals surface area (Å²) in [6, 6.07) is 0. The van der Waals surface area contributed by atoms with Gasteiger partial charge in [-0.1, -0.05) is 6.92 Å². The van der Waals surface area contributed by atoms with Crippen molar-refractivity contribution in [1.82, 2.24) is 9.97 Å². The average Bonchev–Trinajstić information content (AvgIpc) is 2.27. The molecule has 0 aliphatic rings. The second-order valence-electron chi connectivity index (χ2n) is 3.24. The van der Waals surface area contributed by atoms with Crippen LogP contribution in [0.1, 0.15) is 6.92 Å². The van der Waals surface area contributed by atoms with Crippen molar-refractivity contribution in [2.45, 2.75) is 12.9 Å². The van der Waals surface area contributed by atoms with Gasteiger partial charge < -0.3 is 10.1 Å². The fraction of sp³-hybridized carbons (Fsp3) is 0.429. The Kier molecular flexibility index (Phi) is 4.90. The first-order valence-electron chi connectivity index (χ1n) is 4.72. The van der Waals surface area contributed by atoms with Crippen LogP contribution in [0.25, 0.3) is 0 Å². The molecule has 0 saturated carbocycles. The maximum absolute atomic E-state index is 10.9. The number of ether oxygens (including phenoxy) is 1. The zero-order valence-corrected chi connectivity index (χ0v) is 11.2. The molecule has 17 heavy (non-hydrogen) atoms. The molecule has 1 heterocycles. The van der Waals surface area contributed by atoms with Gasteiger partial charge in [-0.2, -0.15) is 19.1 Å². The van der Waals surface area contributed by atoms with Crippen molar-refractivity contribution in [3.8, 4) is 5.88 Å². The van der Waals surface area contributed by atoms with Crippen molar-refractivity contribution in [3.63, 3.8) is 0 Å². The number of hydrogen-bond acceptors (Lipinski definition) is 6. The minimum Gasteiger partial charge on any atom is -0.476 e. The molecule has 0 aliphatic carbocycles. The number of rotatable bonds is 5. The van der Waals surface area contributed by atoms with Crippen LogP contribution in [0.3, 0.4) is 0 Å². The number of halogens is 1. The van der Waals surface area contributed by atoms with E-state index >= 15 is 0 Å². The lowest BCUT2D eigenvalue weighted by molar-refractivity contribution is -0.385. The maximum Gasteiger partial charge on any atom is 0.372 e. The van der Waals surface area contributed by atoms with Crippen LogP contribution in [-0.2, 0) is 0 Å². The summed E-state index contributed by atoms with van der Waals surface area (Å²) in [5, 5.41) is 13.7. The summed E-state index contributed by atoms with van der Waals surface area (Å²) in [5.41, 5.74) is -0.317. The van der Waals surface area contributed by atoms with E-state index in [-0.39, 0.29) is 28.6 Å². The molecule has 10 heteroatoms. The number of aromatic nitrogens is 2. The third-order valence-corrected chi connectivity index (χ3v) is 2.81. The number of nitro groups is 1. The number of anilines is 1. The van der Waals surface area contributed by atoms with Crippen LogP contribution in [0.2, 0.25) is 5.28 Å². The Labute approximate surface area is 106 Å². The van der Waals surface area contributed by atoms with Crippen LogP contribution in [0.5, 0.6) is 5.88 Å². The predicted octanol–water partition coefficient (Wildman–Crippen LogP) is 1.03. The van der Waals surface area contributed by atoms with Crippen LogP contribution in [-0.4, -0.2) is 34.9 Å². The fourth-order valence-electron chi connectivity index (χ4n) is 1.11. The lowest BCUT2D eigenvalue weighted by Crippen LogP contribution is -2.21. The Morgan fingerprint density at radius 2 is 2.29 bits per heavy atom. The molecule has 0 aliphatic heterocycles. The summed E-state index contributed by atoms with van der Waals surface area (Å²) in [5.74, 6) is -0.107. The molecule has 2 atom stereocenters. The van der Waals surface area contributed by atoms with E-state index in [1.54, 1.807) is 0 Å². The first-order chi connectivity index (χ1) is 7.99. The number of hydrogen-bond donors (Lipinski definition) is 1. The summed E-state index contributed by atoms with van der Waals surface area (Å²) in [7, 11) is 3.81. The second-order valence-corrected chi connectivity index (χ2v) is 4.05. The van der Waals surface area contributed by atoms with Crippen LogP contribution in [0.15, 0.2) is 0 Å². The molecule has 0 spiro atoms. The fourth-order valence-corrected chi connectivity index (χ4v) is 1.39. The van der Waals surface area contributed by atoms with E-state index in [4.69, 9.17) is 16.3 Å². The van der Waals surface area contributed by atoms with E-state index in [1.807, 2.05) is 6.92 Å². The largest absolute Gasteiger partial charge is 0.476 e. The molecule has 2 unspecified atom stereocenters. The molecule has 0 radical (unpaired) electrons. The summed E-state index contributed by atoms with van der Waals surface area (Å²) in [6.07, 6.45) is 0. The van der Waals surface area contributed by atoms with Gasteiger partial charge in [-0.25, -0.2) is 0 Å². The Hall–Kier alpha value is -1.14. The topological polar surface area (TPSA) is 90.2 Å². The van der Waals surface area contributed by atoms with Crippen LogP contribution < -0.4 is 10.1 Å². The van der Waals surface area contributed by atoms with Crippen molar-refractivity contribution in [2.75, 3.05) is 12.4 Å². The van der Waals surface area contributed by atoms with Crippen LogP contribution in [0, 0.1) is 10.1 Å². The molecule has 0 amide bonds. The van der Waals surface area contributed by atoms with Gasteiger partial charge in [0.05, 0.1) is 12.0 Å². The van der Waals surface area contributed by atoms with Crippen molar-refractivity contribution in [2.24, 2.45) is 0 Å². The first-order valence-corrected chi connectivity index (χ1v) is 5.91. The van der Waals surface area contributed by atoms with Gasteiger partial charge in [0.25, 0.3) is 0 Å². The minimum absolute atomic E-state index is 0.00521. The molecule has 0 bridgehead atoms. The van der Waals surface area contributed by atoms with Gasteiger partial charge in [0.1, 0.15) is 0 Å². The number of methoxy groups -OCH3 is 1. The summed E-state index contributed by atoms with van der Waals surface area (Å²) in [4.78, 5) is 17.8. The van der Waals surface area contributed by atoms with Crippen LogP contribution >= 0.6 is 20.7 Å². The van der Waals surface area contributed by atoms with Crippen molar-refractivity contribution in [1.29, 1.82) is 0 Å². The zero-order valence-electron chi connectivity index (χ0n) is 9.31. The quantitative estimate of drug-likeness (QED) is 0.284. The van der Waals surface area contributed by atoms with E-state index < -0.39 is 4.92 Å². The van der Waals surface area contributed by atoms with E-state index in [2.05, 4.69) is 24.4 Å². The van der Waals surface area contributed by atoms with Crippen molar-refractivity contribution in [3.05, 3.63) is 15.4 Å². The second kappa shape index (κ2) is 5.98. The smallest absolute Gasteiger partial charge is 0.372 e.